The third kappa shape index (κ3) is 6.17. The number of nitrogens with zero attached hydrogens (tertiary/aromatic N) is 2. The summed E-state index contributed by atoms with van der Waals surface area (Å²) in [6.45, 7) is 3.18. The number of hydrogen-bond donors (Lipinski definition) is 1. The van der Waals surface area contributed by atoms with Crippen molar-refractivity contribution in [2.75, 3.05) is 40.5 Å². The Labute approximate surface area is 161 Å². The maximum atomic E-state index is 13.3. The first-order chi connectivity index (χ1) is 10.6. The van der Waals surface area contributed by atoms with E-state index in [0.717, 1.165) is 29.1 Å². The van der Waals surface area contributed by atoms with Gasteiger partial charge in [-0.2, -0.15) is 0 Å². The maximum Gasteiger partial charge on any atom is 0.194 e. The molecule has 130 valence electrons. The fraction of sp³-hybridized carbons (Fsp3) is 0.533. The number of aliphatic imine (C=N–C) groups is 1. The van der Waals surface area contributed by atoms with E-state index in [1.807, 2.05) is 0 Å². The molecule has 1 unspecified atom stereocenters. The van der Waals surface area contributed by atoms with Gasteiger partial charge in [0.2, 0.25) is 0 Å². The van der Waals surface area contributed by atoms with Crippen LogP contribution in [0.1, 0.15) is 5.56 Å². The van der Waals surface area contributed by atoms with Gasteiger partial charge in [0.25, 0.3) is 0 Å². The topological polar surface area (TPSA) is 46.1 Å². The second-order valence-electron chi connectivity index (χ2n) is 5.03. The third-order valence-electron chi connectivity index (χ3n) is 3.45. The summed E-state index contributed by atoms with van der Waals surface area (Å²) in [5.41, 5.74) is 0.850. The van der Waals surface area contributed by atoms with Crippen LogP contribution in [0.15, 0.2) is 27.7 Å². The van der Waals surface area contributed by atoms with E-state index < -0.39 is 0 Å². The summed E-state index contributed by atoms with van der Waals surface area (Å²) in [6, 6.07) is 4.65. The predicted molar refractivity (Wildman–Crippen MR) is 103 cm³/mol. The zero-order valence-electron chi connectivity index (χ0n) is 13.2. The summed E-state index contributed by atoms with van der Waals surface area (Å²) in [6.07, 6.45) is 0.0400. The molecule has 1 N–H and O–H groups in total. The maximum absolute atomic E-state index is 13.3. The van der Waals surface area contributed by atoms with Gasteiger partial charge >= 0.3 is 0 Å². The third-order valence-corrected chi connectivity index (χ3v) is 4.22. The Balaban J connectivity index is 0.00000264. The molecular weight excluding hydrogens is 480 g/mol. The monoisotopic (exact) mass is 501 g/mol. The molecule has 0 spiro atoms. The lowest BCUT2D eigenvalue weighted by molar-refractivity contribution is -0.0447. The van der Waals surface area contributed by atoms with Gasteiger partial charge in [-0.15, -0.1) is 24.0 Å². The molecule has 1 aliphatic heterocycles. The molecule has 1 aromatic rings. The highest BCUT2D eigenvalue weighted by atomic mass is 127. The standard InChI is InChI=1S/C15H21BrFN3O2.HI/c1-18-15(20-5-6-22-13(9-20)10-21-2)19-8-11-7-12(17)3-4-14(11)16;/h3-4,7,13H,5-6,8-10H2,1-2H3,(H,18,19);1H. The summed E-state index contributed by atoms with van der Waals surface area (Å²) < 4.78 is 25.0. The minimum Gasteiger partial charge on any atom is -0.382 e. The van der Waals surface area contributed by atoms with Crippen LogP contribution in [0.5, 0.6) is 0 Å². The van der Waals surface area contributed by atoms with Gasteiger partial charge in [0.15, 0.2) is 5.96 Å². The van der Waals surface area contributed by atoms with Crippen LogP contribution >= 0.6 is 39.9 Å². The van der Waals surface area contributed by atoms with E-state index in [1.165, 1.54) is 12.1 Å². The molecule has 1 aliphatic rings. The normalized spacial score (nSPS) is 18.5. The first-order valence-corrected chi connectivity index (χ1v) is 7.93. The van der Waals surface area contributed by atoms with Gasteiger partial charge in [-0.05, 0) is 23.8 Å². The average Bonchev–Trinajstić information content (AvgIpc) is 2.52. The van der Waals surface area contributed by atoms with E-state index in [0.29, 0.717) is 19.8 Å². The van der Waals surface area contributed by atoms with Crippen molar-refractivity contribution in [3.05, 3.63) is 34.1 Å². The number of morpholine rings is 1. The molecule has 8 heteroatoms. The largest absolute Gasteiger partial charge is 0.382 e. The molecular formula is C15H22BrFIN3O2. The molecule has 1 heterocycles. The Morgan fingerprint density at radius 2 is 2.35 bits per heavy atom. The molecule has 0 aromatic heterocycles. The van der Waals surface area contributed by atoms with E-state index >= 15 is 0 Å². The predicted octanol–water partition coefficient (Wildman–Crippen LogP) is 2.63. The number of benzene rings is 1. The summed E-state index contributed by atoms with van der Waals surface area (Å²) >= 11 is 3.43. The molecule has 23 heavy (non-hydrogen) atoms. The minimum absolute atomic E-state index is 0. The van der Waals surface area contributed by atoms with Gasteiger partial charge in [0.05, 0.1) is 19.3 Å². The number of guanidine groups is 1. The smallest absolute Gasteiger partial charge is 0.194 e. The van der Waals surface area contributed by atoms with Gasteiger partial charge in [0.1, 0.15) is 5.82 Å². The van der Waals surface area contributed by atoms with Crippen LogP contribution in [-0.2, 0) is 16.0 Å². The van der Waals surface area contributed by atoms with E-state index in [-0.39, 0.29) is 35.9 Å². The van der Waals surface area contributed by atoms with Gasteiger partial charge in [0, 0.05) is 38.3 Å². The van der Waals surface area contributed by atoms with E-state index in [9.17, 15) is 4.39 Å². The van der Waals surface area contributed by atoms with Crippen molar-refractivity contribution < 1.29 is 13.9 Å². The molecule has 0 aliphatic carbocycles. The van der Waals surface area contributed by atoms with Crippen molar-refractivity contribution in [3.8, 4) is 0 Å². The fourth-order valence-electron chi connectivity index (χ4n) is 2.38. The van der Waals surface area contributed by atoms with Crippen LogP contribution in [0.3, 0.4) is 0 Å². The lowest BCUT2D eigenvalue weighted by Gasteiger charge is -2.34. The van der Waals surface area contributed by atoms with Crippen LogP contribution < -0.4 is 5.32 Å². The summed E-state index contributed by atoms with van der Waals surface area (Å²) in [5.74, 6) is 0.530. The van der Waals surface area contributed by atoms with Crippen molar-refractivity contribution in [2.24, 2.45) is 4.99 Å². The Kier molecular flexibility index (Phi) is 9.33. The molecule has 1 fully saturated rings. The van der Waals surface area contributed by atoms with Crippen LogP contribution in [-0.4, -0.2) is 57.4 Å². The van der Waals surface area contributed by atoms with Crippen LogP contribution in [0, 0.1) is 5.82 Å². The molecule has 0 amide bonds. The first-order valence-electron chi connectivity index (χ1n) is 7.14. The summed E-state index contributed by atoms with van der Waals surface area (Å²) in [4.78, 5) is 6.42. The lowest BCUT2D eigenvalue weighted by Crippen LogP contribution is -2.51. The molecule has 0 radical (unpaired) electrons. The van der Waals surface area contributed by atoms with Gasteiger partial charge in [-0.1, -0.05) is 15.9 Å². The van der Waals surface area contributed by atoms with Crippen molar-refractivity contribution in [3.63, 3.8) is 0 Å². The molecule has 1 atom stereocenters. The Bertz CT molecular complexity index is 531. The quantitative estimate of drug-likeness (QED) is 0.391. The van der Waals surface area contributed by atoms with Gasteiger partial charge in [-0.25, -0.2) is 4.39 Å². The minimum atomic E-state index is -0.249. The van der Waals surface area contributed by atoms with Crippen molar-refractivity contribution in [1.82, 2.24) is 10.2 Å². The van der Waals surface area contributed by atoms with E-state index in [2.05, 4.69) is 31.1 Å². The molecule has 1 aromatic carbocycles. The number of methoxy groups -OCH3 is 1. The first kappa shape index (κ1) is 20.6. The summed E-state index contributed by atoms with van der Waals surface area (Å²) in [5, 5.41) is 3.27. The van der Waals surface area contributed by atoms with Crippen LogP contribution in [0.25, 0.3) is 0 Å². The number of rotatable bonds is 4. The lowest BCUT2D eigenvalue weighted by atomic mass is 10.2. The Morgan fingerprint density at radius 1 is 1.57 bits per heavy atom. The number of halogens is 3. The highest BCUT2D eigenvalue weighted by Gasteiger charge is 2.22. The number of hydrogen-bond acceptors (Lipinski definition) is 3. The Morgan fingerprint density at radius 3 is 3.04 bits per heavy atom. The summed E-state index contributed by atoms with van der Waals surface area (Å²) in [7, 11) is 3.40. The van der Waals surface area contributed by atoms with Crippen LogP contribution in [0.2, 0.25) is 0 Å². The second-order valence-corrected chi connectivity index (χ2v) is 5.88. The molecule has 0 bridgehead atoms. The number of ether oxygens (including phenoxy) is 2. The molecule has 5 nitrogen and oxygen atoms in total. The highest BCUT2D eigenvalue weighted by molar-refractivity contribution is 14.0. The molecule has 1 saturated heterocycles. The SMILES string of the molecule is CN=C(NCc1cc(F)ccc1Br)N1CCOC(COC)C1.I. The van der Waals surface area contributed by atoms with Crippen LogP contribution in [0.4, 0.5) is 4.39 Å². The van der Waals surface area contributed by atoms with Crippen molar-refractivity contribution >= 4 is 45.9 Å². The molecule has 2 rings (SSSR count). The van der Waals surface area contributed by atoms with Crippen molar-refractivity contribution in [2.45, 2.75) is 12.6 Å². The zero-order chi connectivity index (χ0) is 15.9. The second kappa shape index (κ2) is 10.4. The molecule has 0 saturated carbocycles. The fourth-order valence-corrected chi connectivity index (χ4v) is 2.77. The van der Waals surface area contributed by atoms with Gasteiger partial charge in [-0.3, -0.25) is 4.99 Å². The number of nitrogens with one attached hydrogen (secondary N) is 1. The van der Waals surface area contributed by atoms with Crippen molar-refractivity contribution in [1.29, 1.82) is 0 Å². The zero-order valence-corrected chi connectivity index (χ0v) is 17.1. The van der Waals surface area contributed by atoms with E-state index in [4.69, 9.17) is 9.47 Å². The van der Waals surface area contributed by atoms with E-state index in [1.54, 1.807) is 20.2 Å². The Hall–Kier alpha value is -0.450. The highest BCUT2D eigenvalue weighted by Crippen LogP contribution is 2.17. The average molecular weight is 502 g/mol. The van der Waals surface area contributed by atoms with Gasteiger partial charge < -0.3 is 19.7 Å².